The van der Waals surface area contributed by atoms with Crippen molar-refractivity contribution in [1.82, 2.24) is 14.7 Å². The molecular formula is C28H42N4O14S. The lowest BCUT2D eigenvalue weighted by Gasteiger charge is -2.38. The van der Waals surface area contributed by atoms with Gasteiger partial charge in [-0.3, -0.25) is 13.8 Å². The van der Waals surface area contributed by atoms with Gasteiger partial charge in [0, 0.05) is 25.6 Å². The lowest BCUT2D eigenvalue weighted by Crippen LogP contribution is -2.61. The molecule has 8 N–H and O–H groups in total. The van der Waals surface area contributed by atoms with Crippen LogP contribution in [0.25, 0.3) is 0 Å². The van der Waals surface area contributed by atoms with E-state index in [4.69, 9.17) is 34.1 Å². The maximum absolute atomic E-state index is 12.6. The number of rotatable bonds is 19. The van der Waals surface area contributed by atoms with E-state index in [0.29, 0.717) is 44.2 Å². The van der Waals surface area contributed by atoms with Crippen LogP contribution in [0, 0.1) is 0 Å². The maximum atomic E-state index is 12.6. The third-order valence-corrected chi connectivity index (χ3v) is 7.81. The topological polar surface area (TPSA) is 260 Å². The number of amides is 3. The fraction of sp³-hybridized carbons (Fsp3) is 0.643. The van der Waals surface area contributed by atoms with Gasteiger partial charge in [-0.05, 0) is 37.3 Å². The molecule has 2 aliphatic rings. The molecule has 3 unspecified atom stereocenters. The molecule has 2 fully saturated rings. The summed E-state index contributed by atoms with van der Waals surface area (Å²) in [5.41, 5.74) is 6.12. The van der Waals surface area contributed by atoms with Crippen molar-refractivity contribution < 1.29 is 67.9 Å². The summed E-state index contributed by atoms with van der Waals surface area (Å²) in [5.74, 6) is -1.93. The molecule has 0 aromatic heterocycles. The molecule has 0 aliphatic carbocycles. The Morgan fingerprint density at radius 2 is 1.91 bits per heavy atom. The highest BCUT2D eigenvalue weighted by molar-refractivity contribution is 7.92. The highest BCUT2D eigenvalue weighted by atomic mass is 32.2. The van der Waals surface area contributed by atoms with E-state index < -0.39 is 42.8 Å². The van der Waals surface area contributed by atoms with Gasteiger partial charge in [-0.15, -0.1) is 4.47 Å². The van der Waals surface area contributed by atoms with Crippen molar-refractivity contribution >= 4 is 36.1 Å². The van der Waals surface area contributed by atoms with Gasteiger partial charge in [-0.1, -0.05) is 12.1 Å². The molecule has 3 rings (SSSR count). The van der Waals surface area contributed by atoms with Crippen LogP contribution in [0.1, 0.15) is 36.8 Å². The van der Waals surface area contributed by atoms with E-state index in [2.05, 4.69) is 5.32 Å². The number of aryl methyl sites for hydroxylation is 1. The third-order valence-electron chi connectivity index (χ3n) is 7.32. The number of benzene rings is 1. The first-order valence-corrected chi connectivity index (χ1v) is 15.6. The summed E-state index contributed by atoms with van der Waals surface area (Å²) >= 11 is 0.767. The minimum Gasteiger partial charge on any atom is -0.479 e. The number of aliphatic hydroxyl groups is 3. The van der Waals surface area contributed by atoms with Crippen molar-refractivity contribution in [2.24, 2.45) is 5.73 Å². The second-order valence-electron chi connectivity index (χ2n) is 10.9. The first-order valence-electron chi connectivity index (χ1n) is 14.9. The van der Waals surface area contributed by atoms with Crippen LogP contribution in [0.4, 0.5) is 4.79 Å². The summed E-state index contributed by atoms with van der Waals surface area (Å²) in [6, 6.07) is 4.66. The number of hydrogen-bond donors (Lipinski definition) is 7. The van der Waals surface area contributed by atoms with Crippen LogP contribution >= 0.6 is 12.2 Å². The predicted octanol–water partition coefficient (Wildman–Crippen LogP) is -1.10. The molecule has 1 aromatic carbocycles. The molecule has 19 heteroatoms. The number of carboxylic acid groups (broad SMARTS) is 1. The normalized spacial score (nSPS) is 24.4. The molecule has 0 saturated carbocycles. The zero-order valence-corrected chi connectivity index (χ0v) is 26.6. The molecule has 2 saturated heterocycles. The van der Waals surface area contributed by atoms with Gasteiger partial charge < -0.3 is 60.5 Å². The summed E-state index contributed by atoms with van der Waals surface area (Å²) in [4.78, 5) is 49.0. The van der Waals surface area contributed by atoms with E-state index >= 15 is 0 Å². The average molecular weight is 691 g/mol. The Bertz CT molecular complexity index is 1210. The predicted molar refractivity (Wildman–Crippen MR) is 160 cm³/mol. The van der Waals surface area contributed by atoms with Crippen LogP contribution in [0.15, 0.2) is 18.2 Å². The zero-order valence-electron chi connectivity index (χ0n) is 25.8. The van der Waals surface area contributed by atoms with Crippen LogP contribution in [0.3, 0.4) is 0 Å². The largest absolute Gasteiger partial charge is 0.479 e. The first-order chi connectivity index (χ1) is 22.4. The van der Waals surface area contributed by atoms with Gasteiger partial charge in [0.25, 0.3) is 0 Å². The molecule has 0 bridgehead atoms. The van der Waals surface area contributed by atoms with Crippen molar-refractivity contribution in [3.8, 4) is 5.75 Å². The highest BCUT2D eigenvalue weighted by Crippen LogP contribution is 2.29. The number of nitrogens with one attached hydrogen (secondary N) is 1. The van der Waals surface area contributed by atoms with Gasteiger partial charge in [0.05, 0.1) is 32.4 Å². The second kappa shape index (κ2) is 18.9. The van der Waals surface area contributed by atoms with Crippen LogP contribution < -0.4 is 15.8 Å². The molecule has 1 aromatic rings. The van der Waals surface area contributed by atoms with Crippen molar-refractivity contribution in [2.75, 3.05) is 40.0 Å². The molecule has 3 amide bonds. The van der Waals surface area contributed by atoms with E-state index in [1.165, 1.54) is 11.9 Å². The maximum Gasteiger partial charge on any atom is 0.404 e. The summed E-state index contributed by atoms with van der Waals surface area (Å²) in [6.45, 7) is 0.708. The number of primary amides is 1. The molecule has 6 atom stereocenters. The Kier molecular flexibility index (Phi) is 15.4. The number of likely N-dealkylation sites (tertiary alicyclic amines) is 1. The number of carboxylic acids is 1. The monoisotopic (exact) mass is 690 g/mol. The van der Waals surface area contributed by atoms with Crippen molar-refractivity contribution in [3.05, 3.63) is 29.3 Å². The minimum absolute atomic E-state index is 0.0619. The summed E-state index contributed by atoms with van der Waals surface area (Å²) < 4.78 is 27.2. The zero-order chi connectivity index (χ0) is 34.5. The van der Waals surface area contributed by atoms with E-state index in [9.17, 15) is 39.6 Å². The van der Waals surface area contributed by atoms with Crippen LogP contribution in [-0.4, -0.2) is 136 Å². The lowest BCUT2D eigenvalue weighted by molar-refractivity contribution is -0.271. The molecule has 2 heterocycles. The second-order valence-corrected chi connectivity index (χ2v) is 11.8. The lowest BCUT2D eigenvalue weighted by atomic mass is 9.99. The van der Waals surface area contributed by atoms with Gasteiger partial charge in [0.2, 0.25) is 18.1 Å². The Hall–Kier alpha value is -3.27. The Balaban J connectivity index is 1.48. The van der Waals surface area contributed by atoms with E-state index in [0.717, 1.165) is 22.3 Å². The Morgan fingerprint density at radius 3 is 2.62 bits per heavy atom. The quantitative estimate of drug-likeness (QED) is 0.0393. The number of hydrogen-bond acceptors (Lipinski definition) is 15. The molecule has 2 aliphatic heterocycles. The van der Waals surface area contributed by atoms with E-state index in [1.807, 2.05) is 0 Å². The number of hydroxylamine groups is 1. The van der Waals surface area contributed by atoms with E-state index in [1.54, 1.807) is 18.2 Å². The fourth-order valence-corrected chi connectivity index (χ4v) is 5.20. The van der Waals surface area contributed by atoms with Gasteiger partial charge in [0.15, 0.2) is 6.10 Å². The van der Waals surface area contributed by atoms with Gasteiger partial charge in [-0.25, -0.2) is 9.59 Å². The highest BCUT2D eigenvalue weighted by Gasteiger charge is 2.48. The molecule has 264 valence electrons. The average Bonchev–Trinajstić information content (AvgIpc) is 3.36. The number of unbranched alkanes of at least 4 members (excludes halogenated alkanes) is 1. The van der Waals surface area contributed by atoms with Crippen LogP contribution in [0.2, 0.25) is 0 Å². The minimum atomic E-state index is -1.89. The smallest absolute Gasteiger partial charge is 0.404 e. The standard InChI is InChI=1S/C28H42N4O14S/c1-31(41)47-44-11-10-42-15-18-7-8-21(34)32(18)13-20(33)30-9-3-2-4-16-5-6-17(14-43-28(29)40)19(12-16)45-27-24(37)22(35)23(36)25(46-27)26(38)39/h5-6,12,18,22-25,27,35-37,41H,2-4,7-11,13-15H2,1H3,(H2,29,40)(H,30,33)(H,38,39)/t18-,22?,23-,24+,25?,27?/m0/s1. The number of aliphatic hydroxyl groups excluding tert-OH is 3. The number of ether oxygens (including phenoxy) is 4. The Labute approximate surface area is 274 Å². The van der Waals surface area contributed by atoms with Crippen molar-refractivity contribution in [3.63, 3.8) is 0 Å². The molecule has 18 nitrogen and oxygen atoms in total. The molecular weight excluding hydrogens is 648 g/mol. The first kappa shape index (κ1) is 38.2. The van der Waals surface area contributed by atoms with E-state index in [-0.39, 0.29) is 56.6 Å². The Morgan fingerprint density at radius 1 is 1.15 bits per heavy atom. The van der Waals surface area contributed by atoms with Crippen LogP contribution in [0.5, 0.6) is 5.75 Å². The number of nitrogens with two attached hydrogens (primary N) is 1. The van der Waals surface area contributed by atoms with Crippen molar-refractivity contribution in [2.45, 2.75) is 75.5 Å². The number of carbonyl (C=O) groups excluding carboxylic acids is 3. The summed E-state index contributed by atoms with van der Waals surface area (Å²) in [7, 11) is 1.42. The number of carbonyl (C=O) groups is 4. The van der Waals surface area contributed by atoms with Gasteiger partial charge in [-0.2, -0.15) is 0 Å². The van der Waals surface area contributed by atoms with Crippen molar-refractivity contribution in [1.29, 1.82) is 0 Å². The summed E-state index contributed by atoms with van der Waals surface area (Å²) in [5, 5.41) is 51.6. The molecule has 0 spiro atoms. The third kappa shape index (κ3) is 12.0. The van der Waals surface area contributed by atoms with Crippen LogP contribution in [-0.2, 0) is 45.8 Å². The van der Waals surface area contributed by atoms with Gasteiger partial charge >= 0.3 is 12.1 Å². The molecule has 47 heavy (non-hydrogen) atoms. The van der Waals surface area contributed by atoms with Gasteiger partial charge in [0.1, 0.15) is 42.9 Å². The molecule has 0 radical (unpaired) electrons. The number of aliphatic carboxylic acids is 1. The fourth-order valence-electron chi connectivity index (χ4n) is 4.91. The SMILES string of the molecule is CN(O)SOCCOC[C@@H]1CCC(=O)N1CC(=O)NCCCCc1ccc(COC(N)=O)c(OC2OC(C(=O)O)[C@@H](O)C(O)[C@H]2O)c1. The summed E-state index contributed by atoms with van der Waals surface area (Å²) in [6.07, 6.45) is -7.52. The number of nitrogens with zero attached hydrogens (tertiary/aromatic N) is 2.